The summed E-state index contributed by atoms with van der Waals surface area (Å²) in [5.41, 5.74) is -1.15. The minimum Gasteiger partial charge on any atom is -0.494 e. The largest absolute Gasteiger partial charge is 0.494 e. The lowest BCUT2D eigenvalue weighted by Gasteiger charge is -2.08. The Kier molecular flexibility index (Phi) is 3.57. The predicted molar refractivity (Wildman–Crippen MR) is 50.4 cm³/mol. The van der Waals surface area contributed by atoms with Crippen LogP contribution in [-0.4, -0.2) is 23.2 Å². The molecule has 0 unspecified atom stereocenters. The molecule has 1 N–H and O–H groups in total. The summed E-state index contributed by atoms with van der Waals surface area (Å²) in [6, 6.07) is 1.15. The lowest BCUT2D eigenvalue weighted by Crippen LogP contribution is -2.07. The first-order chi connectivity index (χ1) is 6.97. The van der Waals surface area contributed by atoms with Gasteiger partial charge in [0.1, 0.15) is 5.69 Å². The second-order valence-corrected chi connectivity index (χ2v) is 3.37. The quantitative estimate of drug-likeness (QED) is 0.925. The first-order valence-corrected chi connectivity index (χ1v) is 4.52. The van der Waals surface area contributed by atoms with E-state index in [4.69, 9.17) is 9.84 Å². The molecular formula is C8H6BrF2NO3. The molecule has 0 aliphatic rings. The Morgan fingerprint density at radius 1 is 1.67 bits per heavy atom. The van der Waals surface area contributed by atoms with Crippen LogP contribution in [0.3, 0.4) is 0 Å². The number of nitrogens with zero attached hydrogens (tertiary/aromatic N) is 1. The Morgan fingerprint density at radius 2 is 2.27 bits per heavy atom. The van der Waals surface area contributed by atoms with Gasteiger partial charge in [-0.1, -0.05) is 0 Å². The molecule has 0 amide bonds. The number of rotatable bonds is 3. The van der Waals surface area contributed by atoms with E-state index in [0.717, 1.165) is 6.07 Å². The number of aromatic carboxylic acids is 1. The summed E-state index contributed by atoms with van der Waals surface area (Å²) in [7, 11) is 1.23. The van der Waals surface area contributed by atoms with Gasteiger partial charge in [0.15, 0.2) is 11.4 Å². The van der Waals surface area contributed by atoms with Crippen LogP contribution >= 0.6 is 15.9 Å². The second kappa shape index (κ2) is 4.52. The van der Waals surface area contributed by atoms with Gasteiger partial charge >= 0.3 is 5.97 Å². The van der Waals surface area contributed by atoms with Crippen LogP contribution in [0, 0.1) is 0 Å². The van der Waals surface area contributed by atoms with Crippen molar-refractivity contribution in [3.8, 4) is 5.75 Å². The average Bonchev–Trinajstić information content (AvgIpc) is 2.16. The third-order valence-electron chi connectivity index (χ3n) is 1.60. The molecule has 7 heteroatoms. The zero-order chi connectivity index (χ0) is 11.6. The highest BCUT2D eigenvalue weighted by molar-refractivity contribution is 9.10. The molecule has 1 heterocycles. The molecular weight excluding hydrogens is 276 g/mol. The fourth-order valence-corrected chi connectivity index (χ4v) is 1.42. The maximum atomic E-state index is 12.4. The summed E-state index contributed by atoms with van der Waals surface area (Å²) in [5, 5.41) is 8.69. The average molecular weight is 282 g/mol. The Bertz CT molecular complexity index is 398. The normalized spacial score (nSPS) is 10.5. The Labute approximate surface area is 92.0 Å². The van der Waals surface area contributed by atoms with E-state index in [0.29, 0.717) is 0 Å². The molecule has 0 atom stereocenters. The van der Waals surface area contributed by atoms with Gasteiger partial charge in [-0.3, -0.25) is 0 Å². The van der Waals surface area contributed by atoms with Crippen molar-refractivity contribution in [2.24, 2.45) is 0 Å². The fourth-order valence-electron chi connectivity index (χ4n) is 0.948. The zero-order valence-electron chi connectivity index (χ0n) is 7.50. The molecule has 0 radical (unpaired) electrons. The number of carboxylic acid groups (broad SMARTS) is 1. The molecule has 1 aromatic heterocycles. The van der Waals surface area contributed by atoms with E-state index in [1.807, 2.05) is 0 Å². The molecule has 4 nitrogen and oxygen atoms in total. The molecule has 0 aliphatic heterocycles. The smallest absolute Gasteiger partial charge is 0.358 e. The molecule has 0 bridgehead atoms. The van der Waals surface area contributed by atoms with Crippen LogP contribution in [0.5, 0.6) is 5.75 Å². The number of alkyl halides is 2. The van der Waals surface area contributed by atoms with Crippen LogP contribution in [0.1, 0.15) is 22.6 Å². The van der Waals surface area contributed by atoms with Crippen LogP contribution in [-0.2, 0) is 0 Å². The SMILES string of the molecule is COc1cc(Br)c(C(F)F)nc1C(=O)O. The lowest BCUT2D eigenvalue weighted by molar-refractivity contribution is 0.0684. The lowest BCUT2D eigenvalue weighted by atomic mass is 10.3. The summed E-state index contributed by atoms with van der Waals surface area (Å²) in [5.74, 6) is -1.49. The number of methoxy groups -OCH3 is 1. The highest BCUT2D eigenvalue weighted by Crippen LogP contribution is 2.30. The minimum atomic E-state index is -2.84. The summed E-state index contributed by atoms with van der Waals surface area (Å²) >= 11 is 2.86. The van der Waals surface area contributed by atoms with Crippen molar-refractivity contribution < 1.29 is 23.4 Å². The second-order valence-electron chi connectivity index (χ2n) is 2.51. The zero-order valence-corrected chi connectivity index (χ0v) is 9.09. The van der Waals surface area contributed by atoms with Crippen molar-refractivity contribution in [1.29, 1.82) is 0 Å². The van der Waals surface area contributed by atoms with Gasteiger partial charge in [-0.2, -0.15) is 0 Å². The fraction of sp³-hybridized carbons (Fsp3) is 0.250. The Balaban J connectivity index is 3.37. The molecule has 0 spiro atoms. The number of ether oxygens (including phenoxy) is 1. The van der Waals surface area contributed by atoms with Gasteiger partial charge < -0.3 is 9.84 Å². The molecule has 0 aromatic carbocycles. The maximum Gasteiger partial charge on any atom is 0.358 e. The van der Waals surface area contributed by atoms with E-state index in [9.17, 15) is 13.6 Å². The number of aromatic nitrogens is 1. The van der Waals surface area contributed by atoms with Crippen LogP contribution in [0.15, 0.2) is 10.5 Å². The number of carboxylic acids is 1. The van der Waals surface area contributed by atoms with E-state index in [1.54, 1.807) is 0 Å². The van der Waals surface area contributed by atoms with Crippen LogP contribution in [0.2, 0.25) is 0 Å². The number of pyridine rings is 1. The highest BCUT2D eigenvalue weighted by Gasteiger charge is 2.21. The van der Waals surface area contributed by atoms with Crippen molar-refractivity contribution in [2.45, 2.75) is 6.43 Å². The maximum absolute atomic E-state index is 12.4. The van der Waals surface area contributed by atoms with Crippen LogP contribution in [0.4, 0.5) is 8.78 Å². The molecule has 0 saturated carbocycles. The third-order valence-corrected chi connectivity index (χ3v) is 2.23. The first-order valence-electron chi connectivity index (χ1n) is 3.73. The summed E-state index contributed by atoms with van der Waals surface area (Å²) in [6.45, 7) is 0. The monoisotopic (exact) mass is 281 g/mol. The molecule has 0 saturated heterocycles. The molecule has 82 valence electrons. The van der Waals surface area contributed by atoms with E-state index >= 15 is 0 Å². The van der Waals surface area contributed by atoms with E-state index in [2.05, 4.69) is 20.9 Å². The first kappa shape index (κ1) is 11.8. The summed E-state index contributed by atoms with van der Waals surface area (Å²) in [6.07, 6.45) is -2.84. The standard InChI is InChI=1S/C8H6BrF2NO3/c1-15-4-2-3(9)5(7(10)11)12-6(4)8(13)14/h2,7H,1H3,(H,13,14). The predicted octanol–water partition coefficient (Wildman–Crippen LogP) is 2.49. The third kappa shape index (κ3) is 2.41. The number of halogens is 3. The minimum absolute atomic E-state index is 0.0133. The molecule has 0 aliphatic carbocycles. The Hall–Kier alpha value is -1.24. The highest BCUT2D eigenvalue weighted by atomic mass is 79.9. The van der Waals surface area contributed by atoms with Gasteiger partial charge in [0.05, 0.1) is 7.11 Å². The van der Waals surface area contributed by atoms with Gasteiger partial charge in [-0.25, -0.2) is 18.6 Å². The van der Waals surface area contributed by atoms with Crippen molar-refractivity contribution >= 4 is 21.9 Å². The topological polar surface area (TPSA) is 59.4 Å². The molecule has 1 rings (SSSR count). The number of hydrogen-bond donors (Lipinski definition) is 1. The van der Waals surface area contributed by atoms with Crippen molar-refractivity contribution in [1.82, 2.24) is 4.98 Å². The van der Waals surface area contributed by atoms with Gasteiger partial charge in [0.2, 0.25) is 0 Å². The Morgan fingerprint density at radius 3 is 2.67 bits per heavy atom. The van der Waals surface area contributed by atoms with Gasteiger partial charge in [-0.05, 0) is 22.0 Å². The van der Waals surface area contributed by atoms with Crippen molar-refractivity contribution in [3.05, 3.63) is 21.9 Å². The van der Waals surface area contributed by atoms with Crippen LogP contribution in [0.25, 0.3) is 0 Å². The number of carbonyl (C=O) groups is 1. The van der Waals surface area contributed by atoms with Gasteiger partial charge in [0, 0.05) is 4.47 Å². The van der Waals surface area contributed by atoms with E-state index in [-0.39, 0.29) is 10.2 Å². The van der Waals surface area contributed by atoms with Gasteiger partial charge in [0.25, 0.3) is 6.43 Å². The van der Waals surface area contributed by atoms with Crippen molar-refractivity contribution in [2.75, 3.05) is 7.11 Å². The number of hydrogen-bond acceptors (Lipinski definition) is 3. The van der Waals surface area contributed by atoms with E-state index in [1.165, 1.54) is 7.11 Å². The summed E-state index contributed by atoms with van der Waals surface area (Å²) < 4.78 is 29.5. The summed E-state index contributed by atoms with van der Waals surface area (Å²) in [4.78, 5) is 14.0. The van der Waals surface area contributed by atoms with Crippen molar-refractivity contribution in [3.63, 3.8) is 0 Å². The van der Waals surface area contributed by atoms with Crippen LogP contribution < -0.4 is 4.74 Å². The molecule has 1 aromatic rings. The molecule has 0 fully saturated rings. The van der Waals surface area contributed by atoms with Gasteiger partial charge in [-0.15, -0.1) is 0 Å². The van der Waals surface area contributed by atoms with E-state index < -0.39 is 23.8 Å². The molecule has 15 heavy (non-hydrogen) atoms.